The number of hydrogen-bond donors (Lipinski definition) is 1. The number of benzene rings is 1. The van der Waals surface area contributed by atoms with Gasteiger partial charge in [-0.3, -0.25) is 0 Å². The molecule has 3 nitrogen and oxygen atoms in total. The van der Waals surface area contributed by atoms with Crippen LogP contribution in [0.5, 0.6) is 0 Å². The Morgan fingerprint density at radius 3 is 2.75 bits per heavy atom. The van der Waals surface area contributed by atoms with E-state index >= 15 is 0 Å². The summed E-state index contributed by atoms with van der Waals surface area (Å²) in [6.07, 6.45) is 1.98. The van der Waals surface area contributed by atoms with Crippen molar-refractivity contribution in [3.63, 3.8) is 0 Å². The van der Waals surface area contributed by atoms with E-state index in [2.05, 4.69) is 32.9 Å². The molecule has 0 aliphatic heterocycles. The van der Waals surface area contributed by atoms with Gasteiger partial charge in [-0.1, -0.05) is 11.6 Å². The van der Waals surface area contributed by atoms with E-state index in [0.717, 1.165) is 25.9 Å². The molecule has 5 heteroatoms. The monoisotopic (exact) mass is 347 g/mol. The quantitative estimate of drug-likeness (QED) is 0.839. The molecule has 1 aromatic heterocycles. The number of hydrogen-bond acceptors (Lipinski definition) is 2. The van der Waals surface area contributed by atoms with Crippen molar-refractivity contribution >= 4 is 45.8 Å². The van der Waals surface area contributed by atoms with Crippen LogP contribution in [-0.2, 0) is 7.05 Å². The van der Waals surface area contributed by atoms with E-state index < -0.39 is 0 Å². The number of imidazole rings is 1. The first kappa shape index (κ1) is 11.7. The van der Waals surface area contributed by atoms with Crippen LogP contribution in [-0.4, -0.2) is 9.55 Å². The van der Waals surface area contributed by atoms with Crippen molar-refractivity contribution in [1.82, 2.24) is 9.55 Å². The first-order valence-corrected chi connectivity index (χ1v) is 6.24. The van der Waals surface area contributed by atoms with Crippen molar-refractivity contribution in [3.05, 3.63) is 38.7 Å². The molecule has 0 amide bonds. The number of nitrogens with one attached hydrogen (secondary N) is 1. The van der Waals surface area contributed by atoms with Gasteiger partial charge < -0.3 is 9.88 Å². The van der Waals surface area contributed by atoms with Gasteiger partial charge in [0.15, 0.2) is 0 Å². The minimum atomic E-state index is 0.742. The number of nitrogens with zero attached hydrogens (tertiary/aromatic N) is 2. The molecule has 0 aliphatic rings. The highest BCUT2D eigenvalue weighted by atomic mass is 127. The summed E-state index contributed by atoms with van der Waals surface area (Å²) in [5.74, 6) is 0.831. The molecule has 2 aromatic rings. The molecule has 1 N–H and O–H groups in total. The van der Waals surface area contributed by atoms with Crippen LogP contribution in [0.1, 0.15) is 5.69 Å². The summed E-state index contributed by atoms with van der Waals surface area (Å²) in [6.45, 7) is 1.97. The Balaban J connectivity index is 2.30. The van der Waals surface area contributed by atoms with Gasteiger partial charge in [0.05, 0.1) is 11.4 Å². The summed E-state index contributed by atoms with van der Waals surface area (Å²) in [4.78, 5) is 4.38. The summed E-state index contributed by atoms with van der Waals surface area (Å²) < 4.78 is 3.03. The van der Waals surface area contributed by atoms with Crippen molar-refractivity contribution in [2.45, 2.75) is 6.92 Å². The molecule has 0 atom stereocenters. The zero-order chi connectivity index (χ0) is 11.7. The molecule has 2 rings (SSSR count). The SMILES string of the molecule is Cc1cn(C)c(Nc2ccc(Cl)cc2I)n1. The molecule has 0 unspecified atom stereocenters. The lowest BCUT2D eigenvalue weighted by Gasteiger charge is -2.08. The van der Waals surface area contributed by atoms with E-state index in [1.807, 2.05) is 42.9 Å². The molecule has 0 radical (unpaired) electrons. The fraction of sp³-hybridized carbons (Fsp3) is 0.182. The maximum Gasteiger partial charge on any atom is 0.207 e. The molecular weight excluding hydrogens is 336 g/mol. The molecule has 16 heavy (non-hydrogen) atoms. The van der Waals surface area contributed by atoms with Crippen molar-refractivity contribution in [3.8, 4) is 0 Å². The van der Waals surface area contributed by atoms with Crippen LogP contribution in [0, 0.1) is 10.5 Å². The molecule has 84 valence electrons. The molecule has 0 saturated carbocycles. The first-order valence-electron chi connectivity index (χ1n) is 4.78. The fourth-order valence-electron chi connectivity index (χ4n) is 1.44. The van der Waals surface area contributed by atoms with Gasteiger partial charge in [-0.05, 0) is 47.7 Å². The standard InChI is InChI=1S/C11H11ClIN3/c1-7-6-16(2)11(14-7)15-10-4-3-8(12)5-9(10)13/h3-6H,1-2H3,(H,14,15). The summed E-state index contributed by atoms with van der Waals surface area (Å²) in [5.41, 5.74) is 2.01. The maximum absolute atomic E-state index is 5.90. The lowest BCUT2D eigenvalue weighted by molar-refractivity contribution is 0.923. The van der Waals surface area contributed by atoms with Crippen LogP contribution < -0.4 is 5.32 Å². The maximum atomic E-state index is 5.90. The van der Waals surface area contributed by atoms with Gasteiger partial charge >= 0.3 is 0 Å². The highest BCUT2D eigenvalue weighted by Crippen LogP contribution is 2.24. The summed E-state index contributed by atoms with van der Waals surface area (Å²) in [6, 6.07) is 5.73. The third kappa shape index (κ3) is 2.49. The van der Waals surface area contributed by atoms with Crippen LogP contribution in [0.25, 0.3) is 0 Å². The second-order valence-corrected chi connectivity index (χ2v) is 5.16. The third-order valence-electron chi connectivity index (χ3n) is 2.17. The molecule has 0 fully saturated rings. The van der Waals surface area contributed by atoms with Crippen LogP contribution in [0.4, 0.5) is 11.6 Å². The van der Waals surface area contributed by atoms with Crippen molar-refractivity contribution < 1.29 is 0 Å². The zero-order valence-corrected chi connectivity index (χ0v) is 11.9. The van der Waals surface area contributed by atoms with E-state index in [0.29, 0.717) is 0 Å². The third-order valence-corrected chi connectivity index (χ3v) is 3.30. The molecule has 0 spiro atoms. The number of halogens is 2. The molecule has 0 aliphatic carbocycles. The minimum absolute atomic E-state index is 0.742. The Labute approximate surface area is 113 Å². The van der Waals surface area contributed by atoms with E-state index in [1.165, 1.54) is 0 Å². The normalized spacial score (nSPS) is 10.5. The topological polar surface area (TPSA) is 29.9 Å². The highest BCUT2D eigenvalue weighted by molar-refractivity contribution is 14.1. The number of aromatic nitrogens is 2. The van der Waals surface area contributed by atoms with Gasteiger partial charge in [0.25, 0.3) is 0 Å². The van der Waals surface area contributed by atoms with Crippen molar-refractivity contribution in [1.29, 1.82) is 0 Å². The molecular formula is C11H11ClIN3. The molecule has 0 saturated heterocycles. The lowest BCUT2D eigenvalue weighted by Crippen LogP contribution is -1.99. The number of anilines is 2. The molecule has 1 aromatic carbocycles. The number of aryl methyl sites for hydroxylation is 2. The average molecular weight is 348 g/mol. The Bertz CT molecular complexity index is 522. The van der Waals surface area contributed by atoms with Gasteiger partial charge in [0.2, 0.25) is 5.95 Å². The van der Waals surface area contributed by atoms with Gasteiger partial charge in [-0.2, -0.15) is 0 Å². The second-order valence-electron chi connectivity index (χ2n) is 3.57. The van der Waals surface area contributed by atoms with Gasteiger partial charge in [0, 0.05) is 21.8 Å². The Kier molecular flexibility index (Phi) is 3.39. The van der Waals surface area contributed by atoms with Crippen molar-refractivity contribution in [2.75, 3.05) is 5.32 Å². The van der Waals surface area contributed by atoms with Gasteiger partial charge in [-0.15, -0.1) is 0 Å². The van der Waals surface area contributed by atoms with Crippen LogP contribution in [0.2, 0.25) is 5.02 Å². The fourth-order valence-corrected chi connectivity index (χ4v) is 2.45. The summed E-state index contributed by atoms with van der Waals surface area (Å²) in [7, 11) is 1.96. The van der Waals surface area contributed by atoms with Crippen LogP contribution >= 0.6 is 34.2 Å². The largest absolute Gasteiger partial charge is 0.325 e. The predicted molar refractivity (Wildman–Crippen MR) is 75.4 cm³/mol. The second kappa shape index (κ2) is 4.63. The highest BCUT2D eigenvalue weighted by Gasteiger charge is 2.05. The summed E-state index contributed by atoms with van der Waals surface area (Å²) >= 11 is 8.15. The first-order chi connectivity index (χ1) is 7.56. The van der Waals surface area contributed by atoms with Gasteiger partial charge in [-0.25, -0.2) is 4.98 Å². The van der Waals surface area contributed by atoms with Crippen molar-refractivity contribution in [2.24, 2.45) is 7.05 Å². The van der Waals surface area contributed by atoms with E-state index in [4.69, 9.17) is 11.6 Å². The molecule has 0 bridgehead atoms. The summed E-state index contributed by atoms with van der Waals surface area (Å²) in [5, 5.41) is 4.02. The zero-order valence-electron chi connectivity index (χ0n) is 8.96. The van der Waals surface area contributed by atoms with E-state index in [9.17, 15) is 0 Å². The predicted octanol–water partition coefficient (Wildman–Crippen LogP) is 3.73. The van der Waals surface area contributed by atoms with E-state index in [1.54, 1.807) is 0 Å². The van der Waals surface area contributed by atoms with Crippen LogP contribution in [0.15, 0.2) is 24.4 Å². The minimum Gasteiger partial charge on any atom is -0.325 e. The van der Waals surface area contributed by atoms with E-state index in [-0.39, 0.29) is 0 Å². The van der Waals surface area contributed by atoms with Gasteiger partial charge in [0.1, 0.15) is 0 Å². The van der Waals surface area contributed by atoms with Crippen LogP contribution in [0.3, 0.4) is 0 Å². The average Bonchev–Trinajstić information content (AvgIpc) is 2.50. The lowest BCUT2D eigenvalue weighted by atomic mass is 10.3. The Morgan fingerprint density at radius 1 is 1.44 bits per heavy atom. The number of rotatable bonds is 2. The smallest absolute Gasteiger partial charge is 0.207 e. The Morgan fingerprint density at radius 2 is 2.19 bits per heavy atom. The Hall–Kier alpha value is -0.750. The molecule has 1 heterocycles.